The van der Waals surface area contributed by atoms with Crippen LogP contribution in [0.25, 0.3) is 0 Å². The lowest BCUT2D eigenvalue weighted by Crippen LogP contribution is -2.29. The molecule has 7 atom stereocenters. The lowest BCUT2D eigenvalue weighted by Gasteiger charge is -2.23. The highest BCUT2D eigenvalue weighted by Crippen LogP contribution is 2.47. The van der Waals surface area contributed by atoms with Crippen molar-refractivity contribution >= 4 is 108 Å². The Balaban J connectivity index is 0.000000172. The first-order valence-electron chi connectivity index (χ1n) is 45.1. The summed E-state index contributed by atoms with van der Waals surface area (Å²) < 4.78 is 159. The number of aryl methyl sites for hydroxylation is 3. The minimum Gasteiger partial charge on any atom is -0.385 e. The van der Waals surface area contributed by atoms with Crippen LogP contribution in [0.4, 0.5) is 28.4 Å². The van der Waals surface area contributed by atoms with Crippen LogP contribution in [0.5, 0.6) is 0 Å². The summed E-state index contributed by atoms with van der Waals surface area (Å²) in [5.41, 5.74) is 14.8. The van der Waals surface area contributed by atoms with Gasteiger partial charge in [0.05, 0.1) is 89.2 Å². The third kappa shape index (κ3) is 25.1. The number of hydrogen-bond acceptors (Lipinski definition) is 21. The molecule has 0 radical (unpaired) electrons. The molecule has 0 bridgehead atoms. The number of nitrogens with one attached hydrogen (secondary N) is 5. The van der Waals surface area contributed by atoms with Crippen LogP contribution in [-0.2, 0) is 78.7 Å². The highest BCUT2D eigenvalue weighted by molar-refractivity contribution is 7.94. The Morgan fingerprint density at radius 2 is 0.657 bits per heavy atom. The van der Waals surface area contributed by atoms with Crippen molar-refractivity contribution in [3.8, 4) is 0 Å². The SMILES string of the molecule is CCCCCCCCNC1c2ccc(Cl)cc2N(C)S(=O)(=O)c2ccccc21.CCOCCCNC1c2ccccc2N(C)S(=O)(=O)c2cc(C)ccc21.COC(C)CCNC1c2ccccc2N(C)S(=O)(=O)c2cc(C)ccc21.COCC(C)CNC1c2ccccc2N(C)S(=O)(=O)c2cc(C)ccc21.COCCCNC1c2ccc(Cl)cc2N(C)S(=O)(=O)c2ccccc21.O=C=O. The summed E-state index contributed by atoms with van der Waals surface area (Å²) in [4.78, 5) is 18.0. The van der Waals surface area contributed by atoms with Gasteiger partial charge in [0, 0.05) is 99.6 Å². The maximum Gasteiger partial charge on any atom is 0.373 e. The van der Waals surface area contributed by atoms with E-state index in [0.717, 1.165) is 124 Å². The van der Waals surface area contributed by atoms with E-state index in [9.17, 15) is 42.1 Å². The van der Waals surface area contributed by atoms with Gasteiger partial charge in [0.25, 0.3) is 50.1 Å². The van der Waals surface area contributed by atoms with Crippen LogP contribution in [0.2, 0.25) is 10.0 Å². The number of carbonyl (C=O) groups excluding carboxylic acids is 2. The second-order valence-corrected chi connectivity index (χ2v) is 44.2. The molecular weight excluding hydrogens is 1840 g/mol. The molecule has 5 heterocycles. The molecule has 722 valence electrons. The number of fused-ring (bicyclic) bond motifs is 10. The number of nitrogens with zero attached hydrogens (tertiary/aromatic N) is 5. The summed E-state index contributed by atoms with van der Waals surface area (Å²) >= 11 is 12.3. The summed E-state index contributed by atoms with van der Waals surface area (Å²) in [6, 6.07) is 64.3. The van der Waals surface area contributed by atoms with Gasteiger partial charge in [-0.25, -0.2) is 42.1 Å². The molecule has 10 aromatic rings. The minimum atomic E-state index is -3.65. The van der Waals surface area contributed by atoms with Crippen molar-refractivity contribution in [2.45, 2.75) is 167 Å². The first kappa shape index (κ1) is 107. The maximum absolute atomic E-state index is 13.2. The first-order valence-corrected chi connectivity index (χ1v) is 53.0. The van der Waals surface area contributed by atoms with Crippen LogP contribution in [0.3, 0.4) is 0 Å². The Kier molecular flexibility index (Phi) is 39.0. The van der Waals surface area contributed by atoms with Crippen molar-refractivity contribution in [3.63, 3.8) is 0 Å². The first-order chi connectivity index (χ1) is 64.0. The van der Waals surface area contributed by atoms with Gasteiger partial charge < -0.3 is 45.5 Å². The normalized spacial score (nSPS) is 18.2. The molecule has 0 saturated heterocycles. The van der Waals surface area contributed by atoms with E-state index in [1.165, 1.54) is 53.6 Å². The lowest BCUT2D eigenvalue weighted by atomic mass is 9.95. The molecule has 0 amide bonds. The summed E-state index contributed by atoms with van der Waals surface area (Å²) in [7, 11) is -5.00. The largest absolute Gasteiger partial charge is 0.385 e. The molecule has 5 aliphatic rings. The molecule has 134 heavy (non-hydrogen) atoms. The van der Waals surface area contributed by atoms with E-state index < -0.39 is 50.1 Å². The highest BCUT2D eigenvalue weighted by atomic mass is 35.5. The fourth-order valence-electron chi connectivity index (χ4n) is 17.1. The molecule has 0 fully saturated rings. The zero-order valence-electron chi connectivity index (χ0n) is 79.0. The van der Waals surface area contributed by atoms with Crippen molar-refractivity contribution in [2.75, 3.05) is 137 Å². The summed E-state index contributed by atoms with van der Waals surface area (Å²) in [5.74, 6) is 0.318. The van der Waals surface area contributed by atoms with Gasteiger partial charge in [-0.2, -0.15) is 9.59 Å². The third-order valence-corrected chi connectivity index (χ3v) is 34.0. The van der Waals surface area contributed by atoms with Gasteiger partial charge in [0.15, 0.2) is 0 Å². The van der Waals surface area contributed by atoms with Crippen LogP contribution >= 0.6 is 23.2 Å². The topological polar surface area (TPSA) is 318 Å². The van der Waals surface area contributed by atoms with E-state index in [1.807, 2.05) is 186 Å². The Morgan fingerprint density at radius 3 is 1.03 bits per heavy atom. The predicted molar refractivity (Wildman–Crippen MR) is 534 cm³/mol. The van der Waals surface area contributed by atoms with E-state index in [-0.39, 0.29) is 42.5 Å². The number of anilines is 5. The fourth-order valence-corrected chi connectivity index (χ4v) is 24.9. The second kappa shape index (κ2) is 49.0. The molecule has 0 spiro atoms. The lowest BCUT2D eigenvalue weighted by molar-refractivity contribution is -0.191. The molecular formula is C101H128Cl2N10O16S5. The second-order valence-electron chi connectivity index (χ2n) is 33.7. The Hall–Kier alpha value is -9.45. The highest BCUT2D eigenvalue weighted by Gasteiger charge is 2.41. The van der Waals surface area contributed by atoms with Gasteiger partial charge in [-0.3, -0.25) is 21.5 Å². The average molecular weight is 1970 g/mol. The van der Waals surface area contributed by atoms with Crippen molar-refractivity contribution < 1.29 is 70.6 Å². The van der Waals surface area contributed by atoms with Crippen LogP contribution in [0.1, 0.15) is 188 Å². The molecule has 33 heteroatoms. The summed E-state index contributed by atoms with van der Waals surface area (Å²) in [6.45, 7) is 20.5. The number of methoxy groups -OCH3 is 3. The fraction of sp³-hybridized carbons (Fsp3) is 0.396. The van der Waals surface area contributed by atoms with Gasteiger partial charge in [0.1, 0.15) is 0 Å². The van der Waals surface area contributed by atoms with E-state index in [4.69, 9.17) is 51.7 Å². The zero-order valence-corrected chi connectivity index (χ0v) is 84.6. The zero-order chi connectivity index (χ0) is 97.4. The summed E-state index contributed by atoms with van der Waals surface area (Å²) in [6.07, 6.45) is 10.3. The quantitative estimate of drug-likeness (QED) is 0.0272. The number of sulfonamides is 5. The number of hydrogen-bond donors (Lipinski definition) is 5. The Morgan fingerprint density at radius 1 is 0.351 bits per heavy atom. The smallest absolute Gasteiger partial charge is 0.373 e. The molecule has 15 rings (SSSR count). The van der Waals surface area contributed by atoms with Crippen molar-refractivity contribution in [3.05, 3.63) is 295 Å². The maximum atomic E-state index is 13.2. The van der Waals surface area contributed by atoms with Crippen LogP contribution in [0.15, 0.2) is 237 Å². The van der Waals surface area contributed by atoms with Gasteiger partial charge >= 0.3 is 6.15 Å². The summed E-state index contributed by atoms with van der Waals surface area (Å²) in [5, 5.41) is 18.8. The average Bonchev–Trinajstić information content (AvgIpc) is 1.63. The van der Waals surface area contributed by atoms with Crippen molar-refractivity contribution in [2.24, 2.45) is 5.92 Å². The number of benzene rings is 10. The van der Waals surface area contributed by atoms with E-state index >= 15 is 0 Å². The number of rotatable bonds is 29. The van der Waals surface area contributed by atoms with E-state index in [1.54, 1.807) is 117 Å². The standard InChI is InChI=1S/C22H29ClN2O2S.3C20H26N2O3S.C18H21ClN2O3S.CO2/c1-3-4-5-6-7-10-15-24-22-18-14-13-17(23)16-20(18)25(2)28(26,27)21-12-9-8-11-19(21)22;1-14-9-10-17-19(11-14)26(23,24)22(3)18-8-6-5-7-16(18)20(17)21-12-15(2)13-25-4;1-14-9-10-17-19(13-14)26(23,24)22(3)18-8-6-5-7-16(18)20(17)21-12-11-15(2)25-4;1-4-25-13-7-12-21-20-16-8-5-6-9-18(16)22(3)26(23,24)19-14-15(2)10-11-17(19)20;1-21-16-12-13(19)8-9-14(16)18(20-10-5-11-24-2)15-6-3-4-7-17(15)25(21,22)23;2-1-3/h8-9,11-14,16,22,24H,3-7,10,15H2,1-2H3;5-11,15,20-21H,12-13H2,1-4H3;5-10,13,15,20-21H,11-12H2,1-4H3;5-6,8-11,14,20-21H,4,7,12-13H2,1-3H3;3-4,6-9,12,18,20H,5,10-11H2,1-2H3;. The van der Waals surface area contributed by atoms with Crippen molar-refractivity contribution in [1.82, 2.24) is 26.6 Å². The molecule has 7 unspecified atom stereocenters. The molecule has 5 N–H and O–H groups in total. The van der Waals surface area contributed by atoms with Crippen LogP contribution in [0, 0.1) is 26.7 Å². The van der Waals surface area contributed by atoms with Crippen LogP contribution < -0.4 is 48.1 Å². The molecule has 0 aromatic heterocycles. The Bertz CT molecular complexity index is 6300. The monoisotopic (exact) mass is 1970 g/mol. The minimum absolute atomic E-state index is 0.146. The van der Waals surface area contributed by atoms with Crippen molar-refractivity contribution in [1.29, 1.82) is 0 Å². The van der Waals surface area contributed by atoms with E-state index in [0.29, 0.717) is 102 Å². The molecule has 0 saturated carbocycles. The third-order valence-electron chi connectivity index (χ3n) is 24.3. The van der Waals surface area contributed by atoms with Gasteiger partial charge in [-0.15, -0.1) is 0 Å². The van der Waals surface area contributed by atoms with Gasteiger partial charge in [-0.05, 0) is 238 Å². The Labute approximate surface area is 804 Å². The molecule has 0 aliphatic carbocycles. The number of unbranched alkanes of at least 4 members (excludes halogenated alkanes) is 5. The van der Waals surface area contributed by atoms with Crippen LogP contribution in [-0.4, -0.2) is 170 Å². The predicted octanol–water partition coefficient (Wildman–Crippen LogP) is 17.7. The van der Waals surface area contributed by atoms with E-state index in [2.05, 4.69) is 40.4 Å². The number of ether oxygens (including phenoxy) is 4. The number of halogens is 2. The molecule has 26 nitrogen and oxygen atoms in total. The molecule has 10 aromatic carbocycles. The molecule has 5 aliphatic heterocycles. The van der Waals surface area contributed by atoms with Gasteiger partial charge in [0.2, 0.25) is 0 Å². The van der Waals surface area contributed by atoms with Gasteiger partial charge in [-0.1, -0.05) is 209 Å². The number of para-hydroxylation sites is 3.